The number of anilines is 3. The van der Waals surface area contributed by atoms with E-state index in [0.29, 0.717) is 23.5 Å². The fourth-order valence-electron chi connectivity index (χ4n) is 4.69. The van der Waals surface area contributed by atoms with Gasteiger partial charge < -0.3 is 25.5 Å². The number of hydrogen-bond donors (Lipinski definition) is 4. The van der Waals surface area contributed by atoms with E-state index in [2.05, 4.69) is 25.9 Å². The van der Waals surface area contributed by atoms with Gasteiger partial charge in [-0.15, -0.1) is 0 Å². The lowest BCUT2D eigenvalue weighted by Gasteiger charge is -2.10. The van der Waals surface area contributed by atoms with Crippen LogP contribution in [0.25, 0.3) is 33.2 Å². The average molecular weight is 544 g/mol. The van der Waals surface area contributed by atoms with Gasteiger partial charge >= 0.3 is 6.09 Å². The molecule has 2 amide bonds. The van der Waals surface area contributed by atoms with Gasteiger partial charge in [0.1, 0.15) is 23.3 Å². The lowest BCUT2D eigenvalue weighted by atomic mass is 10.1. The molecule has 0 atom stereocenters. The van der Waals surface area contributed by atoms with E-state index >= 15 is 0 Å². The number of para-hydroxylation sites is 2. The molecule has 2 heterocycles. The third kappa shape index (κ3) is 5.69. The molecule has 0 aliphatic rings. The van der Waals surface area contributed by atoms with Gasteiger partial charge in [-0.1, -0.05) is 42.5 Å². The molecular formula is C32H25N5O4. The second kappa shape index (κ2) is 11.2. The highest BCUT2D eigenvalue weighted by atomic mass is 16.4. The van der Waals surface area contributed by atoms with Gasteiger partial charge in [0.2, 0.25) is 0 Å². The average Bonchev–Trinajstić information content (AvgIpc) is 3.37. The second-order valence-corrected chi connectivity index (χ2v) is 9.41. The Balaban J connectivity index is 1.14. The summed E-state index contributed by atoms with van der Waals surface area (Å²) in [6.45, 7) is 0.276. The number of nitrogens with one attached hydrogen (secondary N) is 3. The molecule has 9 nitrogen and oxygen atoms in total. The molecule has 2 aromatic heterocycles. The van der Waals surface area contributed by atoms with Gasteiger partial charge in [-0.05, 0) is 60.5 Å². The molecule has 0 aliphatic carbocycles. The van der Waals surface area contributed by atoms with Crippen LogP contribution in [0.4, 0.5) is 22.0 Å². The molecule has 0 radical (unpaired) electrons. The van der Waals surface area contributed by atoms with E-state index in [1.165, 1.54) is 6.33 Å². The molecule has 0 spiro atoms. The smallest absolute Gasteiger partial charge is 0.404 e. The normalized spacial score (nSPS) is 10.9. The lowest BCUT2D eigenvalue weighted by molar-refractivity contribution is 0.102. The van der Waals surface area contributed by atoms with Gasteiger partial charge in [-0.3, -0.25) is 4.79 Å². The van der Waals surface area contributed by atoms with Crippen molar-refractivity contribution < 1.29 is 19.1 Å². The number of furan rings is 1. The Morgan fingerprint density at radius 2 is 1.59 bits per heavy atom. The summed E-state index contributed by atoms with van der Waals surface area (Å²) in [4.78, 5) is 32.3. The third-order valence-electron chi connectivity index (χ3n) is 6.64. The van der Waals surface area contributed by atoms with E-state index in [4.69, 9.17) is 9.52 Å². The van der Waals surface area contributed by atoms with Gasteiger partial charge in [0.05, 0.1) is 5.69 Å². The number of fused-ring (bicyclic) bond motifs is 3. The number of aromatic nitrogens is 2. The maximum absolute atomic E-state index is 12.8. The predicted octanol–water partition coefficient (Wildman–Crippen LogP) is 6.85. The van der Waals surface area contributed by atoms with Crippen LogP contribution >= 0.6 is 0 Å². The zero-order chi connectivity index (χ0) is 28.2. The van der Waals surface area contributed by atoms with Crippen LogP contribution in [-0.2, 0) is 6.42 Å². The van der Waals surface area contributed by atoms with Gasteiger partial charge in [0.25, 0.3) is 5.91 Å². The Morgan fingerprint density at radius 1 is 0.805 bits per heavy atom. The maximum atomic E-state index is 12.8. The van der Waals surface area contributed by atoms with Crippen LogP contribution in [0.5, 0.6) is 0 Å². The number of hydrogen-bond acceptors (Lipinski definition) is 6. The standard InChI is InChI=1S/C32H25N5O4/c38-31(21-6-3-5-20(17-21)15-16-33-32(39)40)37-23-13-11-22(12-14-23)36-29-18-27(34-19-35-29)26-9-4-8-25-24-7-1-2-10-28(24)41-30(25)26/h1-14,17-19,33H,15-16H2,(H,37,38)(H,39,40)(H,34,35,36). The van der Waals surface area contributed by atoms with Crippen LogP contribution in [0.2, 0.25) is 0 Å². The molecule has 0 aliphatic heterocycles. The quantitative estimate of drug-likeness (QED) is 0.165. The van der Waals surface area contributed by atoms with E-state index in [0.717, 1.165) is 44.4 Å². The van der Waals surface area contributed by atoms with E-state index in [1.54, 1.807) is 30.3 Å². The number of carbonyl (C=O) groups is 2. The number of rotatable bonds is 8. The number of carboxylic acid groups (broad SMARTS) is 1. The molecule has 4 N–H and O–H groups in total. The fourth-order valence-corrected chi connectivity index (χ4v) is 4.69. The fraction of sp³-hybridized carbons (Fsp3) is 0.0625. The van der Waals surface area contributed by atoms with E-state index in [1.807, 2.05) is 66.7 Å². The molecule has 6 aromatic rings. The van der Waals surface area contributed by atoms with E-state index in [9.17, 15) is 9.59 Å². The molecule has 6 rings (SSSR count). The molecule has 0 bridgehead atoms. The SMILES string of the molecule is O=C(O)NCCc1cccc(C(=O)Nc2ccc(Nc3cc(-c4cccc5c4oc4ccccc45)ncn3)cc2)c1. The number of carbonyl (C=O) groups excluding carboxylic acids is 1. The Hall–Kier alpha value is -5.70. The highest BCUT2D eigenvalue weighted by Gasteiger charge is 2.13. The first-order chi connectivity index (χ1) is 20.0. The van der Waals surface area contributed by atoms with Gasteiger partial charge in [0, 0.05) is 45.9 Å². The van der Waals surface area contributed by atoms with E-state index < -0.39 is 6.09 Å². The Kier molecular flexibility index (Phi) is 6.98. The zero-order valence-corrected chi connectivity index (χ0v) is 21.8. The second-order valence-electron chi connectivity index (χ2n) is 9.41. The molecular weight excluding hydrogens is 518 g/mol. The van der Waals surface area contributed by atoms with Crippen molar-refractivity contribution in [1.82, 2.24) is 15.3 Å². The van der Waals surface area contributed by atoms with Crippen LogP contribution in [0.3, 0.4) is 0 Å². The topological polar surface area (TPSA) is 129 Å². The van der Waals surface area contributed by atoms with Crippen LogP contribution < -0.4 is 16.0 Å². The molecule has 0 saturated carbocycles. The first-order valence-corrected chi connectivity index (χ1v) is 13.0. The van der Waals surface area contributed by atoms with Crippen molar-refractivity contribution in [3.63, 3.8) is 0 Å². The third-order valence-corrected chi connectivity index (χ3v) is 6.64. The summed E-state index contributed by atoms with van der Waals surface area (Å²) < 4.78 is 6.17. The summed E-state index contributed by atoms with van der Waals surface area (Å²) in [6.07, 6.45) is 0.934. The molecule has 41 heavy (non-hydrogen) atoms. The highest BCUT2D eigenvalue weighted by molar-refractivity contribution is 6.09. The van der Waals surface area contributed by atoms with Gasteiger partial charge in [0.15, 0.2) is 0 Å². The maximum Gasteiger partial charge on any atom is 0.404 e. The summed E-state index contributed by atoms with van der Waals surface area (Å²) in [6, 6.07) is 30.3. The number of amides is 2. The van der Waals surface area contributed by atoms with Gasteiger partial charge in [-0.2, -0.15) is 0 Å². The molecule has 9 heteroatoms. The minimum absolute atomic E-state index is 0.251. The summed E-state index contributed by atoms with van der Waals surface area (Å²) in [5.41, 5.74) is 6.01. The zero-order valence-electron chi connectivity index (χ0n) is 21.8. The molecule has 0 unspecified atom stereocenters. The first kappa shape index (κ1) is 25.6. The summed E-state index contributed by atoms with van der Waals surface area (Å²) in [7, 11) is 0. The predicted molar refractivity (Wildman–Crippen MR) is 159 cm³/mol. The largest absolute Gasteiger partial charge is 0.465 e. The van der Waals surface area contributed by atoms with Crippen molar-refractivity contribution in [2.24, 2.45) is 0 Å². The van der Waals surface area contributed by atoms with Crippen molar-refractivity contribution in [2.75, 3.05) is 17.2 Å². The van der Waals surface area contributed by atoms with Crippen molar-refractivity contribution in [3.05, 3.63) is 115 Å². The van der Waals surface area contributed by atoms with Crippen molar-refractivity contribution in [3.8, 4) is 11.3 Å². The highest BCUT2D eigenvalue weighted by Crippen LogP contribution is 2.35. The number of nitrogens with zero attached hydrogens (tertiary/aromatic N) is 2. The lowest BCUT2D eigenvalue weighted by Crippen LogP contribution is -2.23. The van der Waals surface area contributed by atoms with Crippen molar-refractivity contribution in [2.45, 2.75) is 6.42 Å². The summed E-state index contributed by atoms with van der Waals surface area (Å²) in [5.74, 6) is 0.369. The Morgan fingerprint density at radius 3 is 2.44 bits per heavy atom. The van der Waals surface area contributed by atoms with Crippen LogP contribution in [0.15, 0.2) is 108 Å². The molecule has 0 fully saturated rings. The first-order valence-electron chi connectivity index (χ1n) is 13.0. The molecule has 0 saturated heterocycles. The van der Waals surface area contributed by atoms with Crippen molar-refractivity contribution in [1.29, 1.82) is 0 Å². The van der Waals surface area contributed by atoms with E-state index in [-0.39, 0.29) is 12.5 Å². The molecule has 4 aromatic carbocycles. The van der Waals surface area contributed by atoms with Crippen molar-refractivity contribution >= 4 is 51.1 Å². The number of benzene rings is 4. The van der Waals surface area contributed by atoms with Crippen LogP contribution in [0, 0.1) is 0 Å². The Bertz CT molecular complexity index is 1880. The molecule has 202 valence electrons. The van der Waals surface area contributed by atoms with Crippen LogP contribution in [0.1, 0.15) is 15.9 Å². The van der Waals surface area contributed by atoms with Gasteiger partial charge in [-0.25, -0.2) is 14.8 Å². The minimum Gasteiger partial charge on any atom is -0.465 e. The summed E-state index contributed by atoms with van der Waals surface area (Å²) in [5, 5.41) is 19.3. The van der Waals surface area contributed by atoms with Crippen LogP contribution in [-0.4, -0.2) is 33.6 Å². The monoisotopic (exact) mass is 543 g/mol. The Labute approximate surface area is 234 Å². The summed E-state index contributed by atoms with van der Waals surface area (Å²) >= 11 is 0. The minimum atomic E-state index is -1.07.